The molecule has 2 aromatic carbocycles. The topological polar surface area (TPSA) is 53.1 Å². The van der Waals surface area contributed by atoms with Gasteiger partial charge in [-0.25, -0.2) is 0 Å². The maximum atomic E-state index is 7.73. The molecule has 3 N–H and O–H groups in total. The Labute approximate surface area is 158 Å². The van der Waals surface area contributed by atoms with Gasteiger partial charge in [0.2, 0.25) is 0 Å². The molecule has 140 valence electrons. The average Bonchev–Trinajstić information content (AvgIpc) is 2.53. The van der Waals surface area contributed by atoms with Gasteiger partial charge in [0, 0.05) is 12.2 Å². The zero-order valence-electron chi connectivity index (χ0n) is 17.1. The highest BCUT2D eigenvalue weighted by molar-refractivity contribution is 5.82. The zero-order chi connectivity index (χ0) is 19.5. The van der Waals surface area contributed by atoms with Crippen LogP contribution in [0.4, 0.5) is 5.69 Å². The average molecular weight is 352 g/mol. The molecule has 3 heteroatoms. The zero-order valence-corrected chi connectivity index (χ0v) is 17.1. The lowest BCUT2D eigenvalue weighted by atomic mass is 9.86. The summed E-state index contributed by atoms with van der Waals surface area (Å²) in [6.45, 7) is 14.5. The van der Waals surface area contributed by atoms with Gasteiger partial charge in [-0.15, -0.1) is 0 Å². The first-order valence-corrected chi connectivity index (χ1v) is 9.24. The molecule has 0 unspecified atom stereocenters. The van der Waals surface area contributed by atoms with Crippen LogP contribution in [-0.4, -0.2) is 12.4 Å². The normalized spacial score (nSPS) is 12.1. The van der Waals surface area contributed by atoms with Crippen molar-refractivity contribution < 1.29 is 0 Å². The van der Waals surface area contributed by atoms with Gasteiger partial charge in [0.15, 0.2) is 0 Å². The van der Waals surface area contributed by atoms with Crippen LogP contribution >= 0.6 is 0 Å². The molecular weight excluding hydrogens is 318 g/mol. The summed E-state index contributed by atoms with van der Waals surface area (Å²) in [4.78, 5) is 2.15. The smallest absolute Gasteiger partial charge is 0.110 e. The van der Waals surface area contributed by atoms with Crippen LogP contribution in [0.1, 0.15) is 58.2 Å². The number of hydrogen-bond acceptors (Lipinski definition) is 2. The van der Waals surface area contributed by atoms with Crippen molar-refractivity contribution in [3.05, 3.63) is 65.2 Å². The molecule has 0 heterocycles. The second-order valence-electron chi connectivity index (χ2n) is 9.13. The highest BCUT2D eigenvalue weighted by Crippen LogP contribution is 2.26. The van der Waals surface area contributed by atoms with Gasteiger partial charge in [-0.2, -0.15) is 0 Å². The molecule has 0 spiro atoms. The van der Waals surface area contributed by atoms with E-state index in [4.69, 9.17) is 11.1 Å². The number of nitrogens with two attached hydrogens (primary N) is 1. The molecule has 0 aliphatic heterocycles. The van der Waals surface area contributed by atoms with E-state index in [-0.39, 0.29) is 16.7 Å². The van der Waals surface area contributed by atoms with Crippen LogP contribution in [0.25, 0.3) is 0 Å². The van der Waals surface area contributed by atoms with E-state index in [1.165, 1.54) is 16.7 Å². The fourth-order valence-corrected chi connectivity index (χ4v) is 2.95. The monoisotopic (exact) mass is 351 g/mol. The van der Waals surface area contributed by atoms with Gasteiger partial charge in [-0.05, 0) is 39.7 Å². The van der Waals surface area contributed by atoms with E-state index in [0.717, 1.165) is 12.2 Å². The Morgan fingerprint density at radius 3 is 1.62 bits per heavy atom. The summed E-state index contributed by atoms with van der Waals surface area (Å²) in [7, 11) is 0. The summed E-state index contributed by atoms with van der Waals surface area (Å²) in [6, 6.07) is 17.4. The third-order valence-corrected chi connectivity index (χ3v) is 4.65. The van der Waals surface area contributed by atoms with Crippen LogP contribution in [0.15, 0.2) is 48.5 Å². The molecule has 0 amide bonds. The first-order valence-electron chi connectivity index (χ1n) is 9.24. The Morgan fingerprint density at radius 1 is 0.808 bits per heavy atom. The number of hydrogen-bond donors (Lipinski definition) is 2. The van der Waals surface area contributed by atoms with Crippen molar-refractivity contribution in [2.24, 2.45) is 5.73 Å². The van der Waals surface area contributed by atoms with Gasteiger partial charge in [-0.3, -0.25) is 5.41 Å². The number of nitrogens with zero attached hydrogens (tertiary/aromatic N) is 1. The van der Waals surface area contributed by atoms with Crippen molar-refractivity contribution in [2.45, 2.75) is 58.9 Å². The molecule has 2 aromatic rings. The predicted molar refractivity (Wildman–Crippen MR) is 113 cm³/mol. The number of nitrogens with one attached hydrogen (secondary N) is 1. The van der Waals surface area contributed by atoms with Crippen LogP contribution in [0.5, 0.6) is 0 Å². The van der Waals surface area contributed by atoms with Gasteiger partial charge in [-0.1, -0.05) is 77.9 Å². The third kappa shape index (κ3) is 5.35. The molecule has 0 fully saturated rings. The van der Waals surface area contributed by atoms with Crippen molar-refractivity contribution in [1.29, 1.82) is 5.41 Å². The van der Waals surface area contributed by atoms with Gasteiger partial charge >= 0.3 is 0 Å². The van der Waals surface area contributed by atoms with Crippen LogP contribution in [-0.2, 0) is 17.4 Å². The van der Waals surface area contributed by atoms with Crippen molar-refractivity contribution in [3.8, 4) is 0 Å². The van der Waals surface area contributed by atoms with Gasteiger partial charge < -0.3 is 10.6 Å². The molecule has 0 radical (unpaired) electrons. The second-order valence-corrected chi connectivity index (χ2v) is 9.13. The Morgan fingerprint density at radius 2 is 1.23 bits per heavy atom. The Balaban J connectivity index is 2.23. The quantitative estimate of drug-likeness (QED) is 0.573. The van der Waals surface area contributed by atoms with E-state index in [1.807, 2.05) is 0 Å². The predicted octanol–water partition coefficient (Wildman–Crippen LogP) is 5.22. The minimum atomic E-state index is 0.132. The van der Waals surface area contributed by atoms with Crippen LogP contribution in [0.2, 0.25) is 0 Å². The van der Waals surface area contributed by atoms with Crippen molar-refractivity contribution >= 4 is 11.5 Å². The summed E-state index contributed by atoms with van der Waals surface area (Å²) < 4.78 is 0. The summed E-state index contributed by atoms with van der Waals surface area (Å²) >= 11 is 0. The van der Waals surface area contributed by atoms with E-state index in [1.54, 1.807) is 0 Å². The molecular formula is C23H33N3. The summed E-state index contributed by atoms with van der Waals surface area (Å²) in [5, 5.41) is 7.73. The molecule has 26 heavy (non-hydrogen) atoms. The highest BCUT2D eigenvalue weighted by Gasteiger charge is 2.16. The summed E-state index contributed by atoms with van der Waals surface area (Å²) in [6.07, 6.45) is 0. The lowest BCUT2D eigenvalue weighted by Gasteiger charge is -2.26. The molecule has 0 saturated heterocycles. The van der Waals surface area contributed by atoms with E-state index >= 15 is 0 Å². The third-order valence-electron chi connectivity index (χ3n) is 4.65. The van der Waals surface area contributed by atoms with Crippen molar-refractivity contribution in [1.82, 2.24) is 0 Å². The number of anilines is 1. The minimum absolute atomic E-state index is 0.132. The first kappa shape index (κ1) is 20.0. The summed E-state index contributed by atoms with van der Waals surface area (Å²) in [5.41, 5.74) is 10.9. The molecule has 0 aromatic heterocycles. The van der Waals surface area contributed by atoms with E-state index in [0.29, 0.717) is 6.54 Å². The molecule has 3 nitrogen and oxygen atoms in total. The lowest BCUT2D eigenvalue weighted by molar-refractivity contribution is 0.589. The largest absolute Gasteiger partial charge is 0.386 e. The van der Waals surface area contributed by atoms with E-state index < -0.39 is 0 Å². The Kier molecular flexibility index (Phi) is 5.80. The Hall–Kier alpha value is -2.29. The number of benzene rings is 2. The first-order chi connectivity index (χ1) is 12.0. The fraction of sp³-hybridized carbons (Fsp3) is 0.435. The Bertz CT molecular complexity index is 729. The van der Waals surface area contributed by atoms with Crippen LogP contribution < -0.4 is 10.6 Å². The van der Waals surface area contributed by atoms with Gasteiger partial charge in [0.05, 0.1) is 6.54 Å². The maximum Gasteiger partial charge on any atom is 0.110 e. The van der Waals surface area contributed by atoms with Crippen molar-refractivity contribution in [3.63, 3.8) is 0 Å². The highest BCUT2D eigenvalue weighted by atomic mass is 15.1. The molecule has 0 atom stereocenters. The minimum Gasteiger partial charge on any atom is -0.386 e. The van der Waals surface area contributed by atoms with E-state index in [9.17, 15) is 0 Å². The van der Waals surface area contributed by atoms with Gasteiger partial charge in [0.25, 0.3) is 0 Å². The molecule has 0 aliphatic rings. The number of amidine groups is 1. The van der Waals surface area contributed by atoms with Gasteiger partial charge in [0.1, 0.15) is 5.84 Å². The maximum absolute atomic E-state index is 7.73. The lowest BCUT2D eigenvalue weighted by Crippen LogP contribution is -2.33. The molecule has 0 bridgehead atoms. The summed E-state index contributed by atoms with van der Waals surface area (Å²) in [5.74, 6) is 0.177. The van der Waals surface area contributed by atoms with E-state index in [2.05, 4.69) is 95.0 Å². The molecule has 0 aliphatic carbocycles. The van der Waals surface area contributed by atoms with Crippen LogP contribution in [0, 0.1) is 5.41 Å². The molecule has 2 rings (SSSR count). The number of rotatable bonds is 5. The second kappa shape index (κ2) is 7.53. The van der Waals surface area contributed by atoms with Crippen LogP contribution in [0.3, 0.4) is 0 Å². The fourth-order valence-electron chi connectivity index (χ4n) is 2.95. The standard InChI is InChI=1S/C23H33N3/c1-22(2,3)18-9-7-17(8-10-18)15-26(16-21(24)25)20-13-11-19(12-14-20)23(4,5)6/h7-14H,15-16H2,1-6H3,(H3,24,25). The molecule has 0 saturated carbocycles. The van der Waals surface area contributed by atoms with Crippen molar-refractivity contribution in [2.75, 3.05) is 11.4 Å². The SMILES string of the molecule is CC(C)(C)c1ccc(CN(CC(=N)N)c2ccc(C(C)(C)C)cc2)cc1.